The van der Waals surface area contributed by atoms with Crippen molar-refractivity contribution in [1.82, 2.24) is 0 Å². The number of nitrogens with one attached hydrogen (secondary N) is 1. The second-order valence-electron chi connectivity index (χ2n) is 4.21. The van der Waals surface area contributed by atoms with Crippen LogP contribution in [-0.2, 0) is 0 Å². The minimum atomic E-state index is 0.701. The summed E-state index contributed by atoms with van der Waals surface area (Å²) in [6, 6.07) is 16.4. The summed E-state index contributed by atoms with van der Waals surface area (Å²) in [4.78, 5) is 0. The average molecular weight is 283 g/mol. The Kier molecular flexibility index (Phi) is 7.73. The Hall–Kier alpha value is -2.22. The Morgan fingerprint density at radius 2 is 1.33 bits per heavy atom. The van der Waals surface area contributed by atoms with Gasteiger partial charge in [-0.15, -0.1) is 0 Å². The highest BCUT2D eigenvalue weighted by Gasteiger charge is 1.92. The Labute approximate surface area is 128 Å². The molecule has 2 aromatic carbocycles. The number of hydrogen-bond acceptors (Lipinski definition) is 2. The van der Waals surface area contributed by atoms with Crippen LogP contribution in [0.25, 0.3) is 12.2 Å². The number of hydrogen-bond donors (Lipinski definition) is 1. The maximum absolute atomic E-state index is 5.42. The molecule has 0 aromatic heterocycles. The van der Waals surface area contributed by atoms with Crippen molar-refractivity contribution in [1.29, 1.82) is 0 Å². The highest BCUT2D eigenvalue weighted by atomic mass is 16.5. The van der Waals surface area contributed by atoms with Crippen LogP contribution in [0.3, 0.4) is 0 Å². The van der Waals surface area contributed by atoms with E-state index in [-0.39, 0.29) is 0 Å². The summed E-state index contributed by atoms with van der Waals surface area (Å²) in [5.74, 6) is 0.915. The minimum Gasteiger partial charge on any atom is -0.494 e. The van der Waals surface area contributed by atoms with Crippen LogP contribution in [0.5, 0.6) is 5.75 Å². The third-order valence-corrected chi connectivity index (χ3v) is 2.86. The van der Waals surface area contributed by atoms with Gasteiger partial charge in [0.1, 0.15) is 5.75 Å². The maximum atomic E-state index is 5.42. The van der Waals surface area contributed by atoms with Gasteiger partial charge in [0.2, 0.25) is 0 Å². The van der Waals surface area contributed by atoms with E-state index in [9.17, 15) is 0 Å². The van der Waals surface area contributed by atoms with Crippen molar-refractivity contribution in [3.8, 4) is 5.75 Å². The van der Waals surface area contributed by atoms with Gasteiger partial charge in [0.15, 0.2) is 0 Å². The lowest BCUT2D eigenvalue weighted by molar-refractivity contribution is 0.340. The lowest BCUT2D eigenvalue weighted by Gasteiger charge is -2.02. The standard InChI is InChI=1S/C17H19NO.C2H6/c1-3-19-17-12-8-15(9-13-17)5-4-14-6-10-16(18-2)11-7-14;1-2/h4-13,18H,3H2,1-2H3;1-2H3/b5-4+;. The molecule has 0 spiro atoms. The van der Waals surface area contributed by atoms with Crippen molar-refractivity contribution in [2.75, 3.05) is 19.0 Å². The molecule has 2 rings (SSSR count). The molecule has 0 aliphatic carbocycles. The lowest BCUT2D eigenvalue weighted by atomic mass is 10.1. The molecule has 0 bridgehead atoms. The van der Waals surface area contributed by atoms with Crippen molar-refractivity contribution in [3.05, 3.63) is 59.7 Å². The molecule has 0 aliphatic heterocycles. The van der Waals surface area contributed by atoms with Crippen molar-refractivity contribution < 1.29 is 4.74 Å². The van der Waals surface area contributed by atoms with Crippen molar-refractivity contribution in [3.63, 3.8) is 0 Å². The van der Waals surface area contributed by atoms with Crippen molar-refractivity contribution >= 4 is 17.8 Å². The summed E-state index contributed by atoms with van der Waals surface area (Å²) in [5.41, 5.74) is 3.48. The zero-order valence-electron chi connectivity index (χ0n) is 13.4. The molecule has 112 valence electrons. The molecule has 0 unspecified atom stereocenters. The van der Waals surface area contributed by atoms with Gasteiger partial charge in [-0.2, -0.15) is 0 Å². The molecule has 0 atom stereocenters. The van der Waals surface area contributed by atoms with E-state index in [1.54, 1.807) is 0 Å². The minimum absolute atomic E-state index is 0.701. The van der Waals surface area contributed by atoms with E-state index in [4.69, 9.17) is 4.74 Å². The number of anilines is 1. The lowest BCUT2D eigenvalue weighted by Crippen LogP contribution is -1.90. The fourth-order valence-electron chi connectivity index (χ4n) is 1.80. The number of benzene rings is 2. The summed E-state index contributed by atoms with van der Waals surface area (Å²) in [6.07, 6.45) is 4.21. The molecule has 0 amide bonds. The molecule has 2 aromatic rings. The van der Waals surface area contributed by atoms with Crippen LogP contribution in [0.2, 0.25) is 0 Å². The van der Waals surface area contributed by atoms with Gasteiger partial charge >= 0.3 is 0 Å². The van der Waals surface area contributed by atoms with Crippen LogP contribution in [0.15, 0.2) is 48.5 Å². The van der Waals surface area contributed by atoms with Gasteiger partial charge in [-0.25, -0.2) is 0 Å². The van der Waals surface area contributed by atoms with E-state index in [1.807, 2.05) is 40.0 Å². The Morgan fingerprint density at radius 1 is 0.857 bits per heavy atom. The summed E-state index contributed by atoms with van der Waals surface area (Å²) in [5, 5.41) is 3.11. The average Bonchev–Trinajstić information content (AvgIpc) is 2.57. The van der Waals surface area contributed by atoms with Gasteiger partial charge < -0.3 is 10.1 Å². The van der Waals surface area contributed by atoms with Crippen LogP contribution in [0.1, 0.15) is 31.9 Å². The quantitative estimate of drug-likeness (QED) is 0.749. The summed E-state index contributed by atoms with van der Waals surface area (Å²) < 4.78 is 5.42. The molecule has 0 aliphatic rings. The van der Waals surface area contributed by atoms with Crippen LogP contribution >= 0.6 is 0 Å². The second kappa shape index (κ2) is 9.65. The predicted molar refractivity (Wildman–Crippen MR) is 93.9 cm³/mol. The maximum Gasteiger partial charge on any atom is 0.119 e. The normalized spacial score (nSPS) is 9.90. The predicted octanol–water partition coefficient (Wildman–Crippen LogP) is 5.32. The smallest absolute Gasteiger partial charge is 0.119 e. The Bertz CT molecular complexity index is 526. The Morgan fingerprint density at radius 3 is 1.76 bits per heavy atom. The highest BCUT2D eigenvalue weighted by molar-refractivity contribution is 5.70. The van der Waals surface area contributed by atoms with Gasteiger partial charge in [0.05, 0.1) is 6.61 Å². The molecule has 1 N–H and O–H groups in total. The zero-order valence-corrected chi connectivity index (χ0v) is 13.4. The fourth-order valence-corrected chi connectivity index (χ4v) is 1.80. The first kappa shape index (κ1) is 16.8. The van der Waals surface area contributed by atoms with Crippen LogP contribution in [-0.4, -0.2) is 13.7 Å². The molecule has 2 heteroatoms. The Balaban J connectivity index is 0.00000106. The van der Waals surface area contributed by atoms with Gasteiger partial charge in [-0.3, -0.25) is 0 Å². The molecule has 0 saturated carbocycles. The number of rotatable bonds is 5. The summed E-state index contributed by atoms with van der Waals surface area (Å²) >= 11 is 0. The van der Waals surface area contributed by atoms with Gasteiger partial charge in [-0.05, 0) is 42.3 Å². The largest absolute Gasteiger partial charge is 0.494 e. The molecule has 21 heavy (non-hydrogen) atoms. The molecule has 2 nitrogen and oxygen atoms in total. The van der Waals surface area contributed by atoms with Gasteiger partial charge in [0.25, 0.3) is 0 Å². The van der Waals surface area contributed by atoms with E-state index in [0.717, 1.165) is 11.4 Å². The molecule has 0 heterocycles. The molecule has 0 fully saturated rings. The molecule has 0 radical (unpaired) electrons. The number of ether oxygens (including phenoxy) is 1. The van der Waals surface area contributed by atoms with Gasteiger partial charge in [-0.1, -0.05) is 50.3 Å². The van der Waals surface area contributed by atoms with E-state index in [1.165, 1.54) is 11.1 Å². The third kappa shape index (κ3) is 5.74. The van der Waals surface area contributed by atoms with E-state index in [0.29, 0.717) is 6.61 Å². The topological polar surface area (TPSA) is 21.3 Å². The van der Waals surface area contributed by atoms with E-state index in [2.05, 4.69) is 53.9 Å². The zero-order chi connectivity index (χ0) is 15.5. The van der Waals surface area contributed by atoms with Crippen LogP contribution in [0.4, 0.5) is 5.69 Å². The monoisotopic (exact) mass is 283 g/mol. The van der Waals surface area contributed by atoms with Crippen molar-refractivity contribution in [2.24, 2.45) is 0 Å². The summed E-state index contributed by atoms with van der Waals surface area (Å²) in [7, 11) is 1.92. The molecular formula is C19H25NO. The second-order valence-corrected chi connectivity index (χ2v) is 4.21. The fraction of sp³-hybridized carbons (Fsp3) is 0.263. The first-order valence-corrected chi connectivity index (χ1v) is 7.50. The SMILES string of the molecule is CC.CCOc1ccc(/C=C/c2ccc(NC)cc2)cc1. The highest BCUT2D eigenvalue weighted by Crippen LogP contribution is 2.15. The van der Waals surface area contributed by atoms with E-state index >= 15 is 0 Å². The molecule has 0 saturated heterocycles. The van der Waals surface area contributed by atoms with Crippen LogP contribution in [0, 0.1) is 0 Å². The summed E-state index contributed by atoms with van der Waals surface area (Å²) in [6.45, 7) is 6.69. The molecular weight excluding hydrogens is 258 g/mol. The van der Waals surface area contributed by atoms with Crippen molar-refractivity contribution in [2.45, 2.75) is 20.8 Å². The third-order valence-electron chi connectivity index (χ3n) is 2.86. The van der Waals surface area contributed by atoms with Gasteiger partial charge in [0, 0.05) is 12.7 Å². The first-order chi connectivity index (χ1) is 10.3. The van der Waals surface area contributed by atoms with Crippen LogP contribution < -0.4 is 10.1 Å². The first-order valence-electron chi connectivity index (χ1n) is 7.50. The van der Waals surface area contributed by atoms with E-state index < -0.39 is 0 Å².